The van der Waals surface area contributed by atoms with Gasteiger partial charge in [0.25, 0.3) is 0 Å². The van der Waals surface area contributed by atoms with Crippen molar-refractivity contribution >= 4 is 6.48 Å². The van der Waals surface area contributed by atoms with Crippen molar-refractivity contribution in [3.05, 3.63) is 145 Å². The molecule has 2 aliphatic rings. The van der Waals surface area contributed by atoms with Crippen LogP contribution >= 0.6 is 0 Å². The molecule has 0 aromatic heterocycles. The third-order valence-electron chi connectivity index (χ3n) is 10.1. The van der Waals surface area contributed by atoms with Gasteiger partial charge in [0.15, 0.2) is 0 Å². The molecule has 0 radical (unpaired) electrons. The summed E-state index contributed by atoms with van der Waals surface area (Å²) in [7, 11) is 0. The van der Waals surface area contributed by atoms with Gasteiger partial charge in [-0.2, -0.15) is 0 Å². The Morgan fingerprint density at radius 3 is 1.67 bits per heavy atom. The smallest absolute Gasteiger partial charge is 1.00 e. The summed E-state index contributed by atoms with van der Waals surface area (Å²) in [5.74, 6) is 0.422. The van der Waals surface area contributed by atoms with Crippen molar-refractivity contribution in [1.82, 2.24) is 0 Å². The van der Waals surface area contributed by atoms with E-state index in [4.69, 9.17) is 0 Å². The fourth-order valence-electron chi connectivity index (χ4n) is 7.89. The molecule has 0 saturated carbocycles. The predicted octanol–water partition coefficient (Wildman–Crippen LogP) is 5.27. The molecule has 3 heteroatoms. The second-order valence-corrected chi connectivity index (χ2v) is 22.3. The third-order valence-corrected chi connectivity index (χ3v) is 18.8. The summed E-state index contributed by atoms with van der Waals surface area (Å²) in [6.07, 6.45) is 3.64. The van der Waals surface area contributed by atoms with Crippen LogP contribution in [0.4, 0.5) is 0 Å². The second-order valence-electron chi connectivity index (χ2n) is 16.7. The SMILES string of the molecule is CC1=[C]([Zr+2](=[C](c2ccccc2)c2ccccc2)[c]2c(C(C)(C)C)ccc3c2Cc2cc(C(C)(C)C)ccc2-3)C(C)C=C1C(C)(C)C.[Cl-].[Cl-]. The van der Waals surface area contributed by atoms with Gasteiger partial charge in [-0.1, -0.05) is 0 Å². The first-order chi connectivity index (χ1) is 21.6. The Balaban J connectivity index is 0.00000260. The molecule has 0 saturated heterocycles. The molecular formula is C45H52Cl2Zr. The van der Waals surface area contributed by atoms with Crippen molar-refractivity contribution < 1.29 is 46.1 Å². The van der Waals surface area contributed by atoms with Gasteiger partial charge < -0.3 is 24.8 Å². The van der Waals surface area contributed by atoms with Gasteiger partial charge in [0.2, 0.25) is 0 Å². The molecule has 1 atom stereocenters. The minimum absolute atomic E-state index is 0. The third kappa shape index (κ3) is 7.13. The number of benzene rings is 4. The van der Waals surface area contributed by atoms with Crippen molar-refractivity contribution in [2.24, 2.45) is 11.3 Å². The van der Waals surface area contributed by atoms with Crippen LogP contribution in [0.1, 0.15) is 110 Å². The van der Waals surface area contributed by atoms with Crippen LogP contribution in [-0.2, 0) is 38.5 Å². The molecule has 0 aliphatic heterocycles. The molecule has 0 nitrogen and oxygen atoms in total. The fraction of sp³-hybridized carbons (Fsp3) is 0.356. The van der Waals surface area contributed by atoms with E-state index in [-0.39, 0.29) is 41.1 Å². The number of hydrogen-bond acceptors (Lipinski definition) is 0. The first kappa shape index (κ1) is 38.5. The minimum Gasteiger partial charge on any atom is -1.00 e. The zero-order valence-corrected chi connectivity index (χ0v) is 34.7. The normalized spacial score (nSPS) is 15.5. The number of allylic oxidation sites excluding steroid dienone is 4. The van der Waals surface area contributed by atoms with Gasteiger partial charge >= 0.3 is 288 Å². The molecule has 48 heavy (non-hydrogen) atoms. The van der Waals surface area contributed by atoms with Crippen molar-refractivity contribution in [3.63, 3.8) is 0 Å². The maximum absolute atomic E-state index is 2.96. The van der Waals surface area contributed by atoms with Crippen molar-refractivity contribution in [1.29, 1.82) is 0 Å². The van der Waals surface area contributed by atoms with Gasteiger partial charge in [-0.25, -0.2) is 0 Å². The molecule has 1 unspecified atom stereocenters. The molecule has 4 aromatic rings. The summed E-state index contributed by atoms with van der Waals surface area (Å²) in [5.41, 5.74) is 15.1. The van der Waals surface area contributed by atoms with E-state index in [0.29, 0.717) is 5.92 Å². The number of halogens is 2. The van der Waals surface area contributed by atoms with E-state index in [0.717, 1.165) is 6.42 Å². The zero-order valence-electron chi connectivity index (χ0n) is 30.8. The van der Waals surface area contributed by atoms with Gasteiger partial charge in [0.05, 0.1) is 0 Å². The van der Waals surface area contributed by atoms with Crippen LogP contribution < -0.4 is 28.1 Å². The Hall–Kier alpha value is -2.31. The van der Waals surface area contributed by atoms with Crippen LogP contribution in [0.5, 0.6) is 0 Å². The summed E-state index contributed by atoms with van der Waals surface area (Å²) in [6.45, 7) is 26.4. The number of rotatable bonds is 4. The first-order valence-electron chi connectivity index (χ1n) is 17.2. The average Bonchev–Trinajstić information content (AvgIpc) is 3.51. The number of hydrogen-bond donors (Lipinski definition) is 0. The van der Waals surface area contributed by atoms with E-state index in [1.54, 1.807) is 26.5 Å². The second kappa shape index (κ2) is 14.1. The fourth-order valence-corrected chi connectivity index (χ4v) is 17.7. The minimum atomic E-state index is -2.96. The summed E-state index contributed by atoms with van der Waals surface area (Å²) in [5, 5.41) is 0. The van der Waals surface area contributed by atoms with E-state index < -0.39 is 21.3 Å². The van der Waals surface area contributed by atoms with E-state index in [1.165, 1.54) is 39.0 Å². The van der Waals surface area contributed by atoms with Gasteiger partial charge in [0.1, 0.15) is 0 Å². The largest absolute Gasteiger partial charge is 1.00 e. The Morgan fingerprint density at radius 1 is 0.646 bits per heavy atom. The maximum atomic E-state index is 2.61. The van der Waals surface area contributed by atoms with Crippen LogP contribution in [0.25, 0.3) is 11.1 Å². The molecule has 250 valence electrons. The summed E-state index contributed by atoms with van der Waals surface area (Å²) < 4.78 is 5.08. The van der Waals surface area contributed by atoms with Crippen LogP contribution in [0.3, 0.4) is 0 Å². The number of fused-ring (bicyclic) bond motifs is 3. The molecule has 0 fully saturated rings. The van der Waals surface area contributed by atoms with Gasteiger partial charge in [-0.3, -0.25) is 0 Å². The van der Waals surface area contributed by atoms with Crippen LogP contribution in [-0.4, -0.2) is 3.21 Å². The zero-order chi connectivity index (χ0) is 33.2. The Labute approximate surface area is 311 Å². The first-order valence-corrected chi connectivity index (χ1v) is 20.9. The Kier molecular flexibility index (Phi) is 11.3. The molecule has 4 aromatic carbocycles. The van der Waals surface area contributed by atoms with Gasteiger partial charge in [0, 0.05) is 0 Å². The predicted molar refractivity (Wildman–Crippen MR) is 197 cm³/mol. The summed E-state index contributed by atoms with van der Waals surface area (Å²) in [6, 6.07) is 35.1. The molecule has 0 heterocycles. The van der Waals surface area contributed by atoms with Crippen LogP contribution in [0.2, 0.25) is 0 Å². The quantitative estimate of drug-likeness (QED) is 0.235. The Bertz CT molecular complexity index is 1860. The topological polar surface area (TPSA) is 0 Å². The molecule has 6 rings (SSSR count). The monoisotopic (exact) mass is 752 g/mol. The summed E-state index contributed by atoms with van der Waals surface area (Å²) in [4.78, 5) is 0. The van der Waals surface area contributed by atoms with Crippen molar-refractivity contribution in [2.75, 3.05) is 0 Å². The van der Waals surface area contributed by atoms with E-state index in [9.17, 15) is 0 Å². The molecule has 0 bridgehead atoms. The average molecular weight is 755 g/mol. The van der Waals surface area contributed by atoms with Gasteiger partial charge in [-0.05, 0) is 0 Å². The standard InChI is InChI=1S/C21H25.C13H10.C11H17.2ClH.Zr/c1-20(2,3)16-7-9-18-14(12-16)11-15-13-17(21(4,5)6)8-10-19(15)18;1-3-7-12(8-4-1)11-13-9-5-2-6-10-13;1-8-6-9(2)10(7-8)11(3,4)5;;;/h7-10,12H,11H2,1-6H3;1-10H;7-8H,1-5H3;2*1H;/q;;;;;+2/p-2. The van der Waals surface area contributed by atoms with Crippen molar-refractivity contribution in [3.8, 4) is 11.1 Å². The maximum Gasteiger partial charge on any atom is -1.00 e. The van der Waals surface area contributed by atoms with E-state index in [1.807, 2.05) is 0 Å². The van der Waals surface area contributed by atoms with E-state index >= 15 is 0 Å². The summed E-state index contributed by atoms with van der Waals surface area (Å²) >= 11 is -2.96. The van der Waals surface area contributed by atoms with Crippen molar-refractivity contribution in [2.45, 2.75) is 93.4 Å². The van der Waals surface area contributed by atoms with E-state index in [2.05, 4.69) is 173 Å². The molecular weight excluding hydrogens is 703 g/mol. The van der Waals surface area contributed by atoms with Crippen LogP contribution in [0, 0.1) is 11.3 Å². The van der Waals surface area contributed by atoms with Gasteiger partial charge in [-0.15, -0.1) is 0 Å². The molecule has 0 N–H and O–H groups in total. The molecule has 0 spiro atoms. The molecule has 2 aliphatic carbocycles. The Morgan fingerprint density at radius 2 is 1.19 bits per heavy atom. The molecule has 0 amide bonds. The van der Waals surface area contributed by atoms with Crippen LogP contribution in [0.15, 0.2) is 111 Å².